The number of pyridine rings is 1. The van der Waals surface area contributed by atoms with E-state index in [1.54, 1.807) is 12.4 Å². The second-order valence-corrected chi connectivity index (χ2v) is 3.22. The molecule has 0 spiro atoms. The lowest BCUT2D eigenvalue weighted by molar-refractivity contribution is 0.773. The summed E-state index contributed by atoms with van der Waals surface area (Å²) >= 11 is 0. The number of hydrogen-bond acceptors (Lipinski definition) is 3. The van der Waals surface area contributed by atoms with Gasteiger partial charge in [-0.3, -0.25) is 9.67 Å². The van der Waals surface area contributed by atoms with E-state index in [4.69, 9.17) is 5.73 Å². The highest BCUT2D eigenvalue weighted by atomic mass is 15.2. The Morgan fingerprint density at radius 2 is 2.23 bits per heavy atom. The van der Waals surface area contributed by atoms with Crippen molar-refractivity contribution in [1.82, 2.24) is 14.8 Å². The molecule has 2 rings (SSSR count). The molecule has 0 saturated carbocycles. The number of aromatic nitrogens is 3. The van der Waals surface area contributed by atoms with Gasteiger partial charge >= 0.3 is 0 Å². The van der Waals surface area contributed by atoms with Crippen molar-refractivity contribution in [3.8, 4) is 0 Å². The van der Waals surface area contributed by atoms with Crippen molar-refractivity contribution in [3.05, 3.63) is 24.2 Å². The lowest BCUT2D eigenvalue weighted by Gasteiger charge is -2.03. The van der Waals surface area contributed by atoms with Crippen molar-refractivity contribution in [2.24, 2.45) is 12.8 Å². The summed E-state index contributed by atoms with van der Waals surface area (Å²) in [5.41, 5.74) is 7.70. The van der Waals surface area contributed by atoms with E-state index in [1.165, 1.54) is 0 Å². The van der Waals surface area contributed by atoms with Crippen molar-refractivity contribution < 1.29 is 0 Å². The van der Waals surface area contributed by atoms with Gasteiger partial charge in [-0.15, -0.1) is 0 Å². The summed E-state index contributed by atoms with van der Waals surface area (Å²) in [6, 6.07) is 1.95. The standard InChI is InChI=1S/C9H12N4/c1-6(10)8-3-9-7(4-11-8)5-12-13(9)2/h3-6H,10H2,1-2H3. The lowest BCUT2D eigenvalue weighted by Crippen LogP contribution is -2.07. The van der Waals surface area contributed by atoms with Gasteiger partial charge < -0.3 is 5.73 Å². The Bertz CT molecular complexity index is 430. The minimum Gasteiger partial charge on any atom is -0.323 e. The molecule has 13 heavy (non-hydrogen) atoms. The normalized spacial score (nSPS) is 13.5. The molecule has 0 bridgehead atoms. The number of hydrogen-bond donors (Lipinski definition) is 1. The van der Waals surface area contributed by atoms with Crippen LogP contribution in [0.5, 0.6) is 0 Å². The third kappa shape index (κ3) is 1.29. The number of nitrogens with zero attached hydrogens (tertiary/aromatic N) is 3. The van der Waals surface area contributed by atoms with Gasteiger partial charge in [0.2, 0.25) is 0 Å². The quantitative estimate of drug-likeness (QED) is 0.704. The van der Waals surface area contributed by atoms with Crippen LogP contribution in [0.15, 0.2) is 18.5 Å². The summed E-state index contributed by atoms with van der Waals surface area (Å²) in [5, 5.41) is 5.18. The van der Waals surface area contributed by atoms with E-state index in [0.29, 0.717) is 0 Å². The van der Waals surface area contributed by atoms with Gasteiger partial charge in [-0.25, -0.2) is 0 Å². The van der Waals surface area contributed by atoms with Gasteiger partial charge in [0, 0.05) is 24.7 Å². The average Bonchev–Trinajstić information content (AvgIpc) is 2.47. The van der Waals surface area contributed by atoms with Gasteiger partial charge in [-0.2, -0.15) is 5.10 Å². The van der Waals surface area contributed by atoms with Crippen molar-refractivity contribution in [1.29, 1.82) is 0 Å². The van der Waals surface area contributed by atoms with Crippen molar-refractivity contribution in [2.75, 3.05) is 0 Å². The van der Waals surface area contributed by atoms with Gasteiger partial charge in [0.25, 0.3) is 0 Å². The lowest BCUT2D eigenvalue weighted by atomic mass is 10.2. The summed E-state index contributed by atoms with van der Waals surface area (Å²) in [6.07, 6.45) is 3.61. The third-order valence-corrected chi connectivity index (χ3v) is 2.12. The molecule has 0 amide bonds. The number of nitrogens with two attached hydrogens (primary N) is 1. The molecular formula is C9H12N4. The van der Waals surface area contributed by atoms with Gasteiger partial charge in [0.1, 0.15) is 0 Å². The minimum atomic E-state index is -0.0284. The molecule has 0 fully saturated rings. The Hall–Kier alpha value is -1.42. The van der Waals surface area contributed by atoms with E-state index >= 15 is 0 Å². The van der Waals surface area contributed by atoms with E-state index in [-0.39, 0.29) is 6.04 Å². The van der Waals surface area contributed by atoms with Gasteiger partial charge in [-0.1, -0.05) is 0 Å². The first-order valence-corrected chi connectivity index (χ1v) is 4.21. The summed E-state index contributed by atoms with van der Waals surface area (Å²) in [5.74, 6) is 0. The van der Waals surface area contributed by atoms with Crippen LogP contribution < -0.4 is 5.73 Å². The molecule has 2 aromatic heterocycles. The van der Waals surface area contributed by atoms with Crippen LogP contribution in [-0.2, 0) is 7.05 Å². The van der Waals surface area contributed by atoms with Gasteiger partial charge in [0.15, 0.2) is 0 Å². The maximum Gasteiger partial charge on any atom is 0.0713 e. The van der Waals surface area contributed by atoms with Crippen LogP contribution in [0.25, 0.3) is 10.9 Å². The fraction of sp³-hybridized carbons (Fsp3) is 0.333. The van der Waals surface area contributed by atoms with Crippen LogP contribution in [0.4, 0.5) is 0 Å². The Kier molecular flexibility index (Phi) is 1.77. The van der Waals surface area contributed by atoms with Crippen LogP contribution in [0, 0.1) is 0 Å². The van der Waals surface area contributed by atoms with Crippen molar-refractivity contribution >= 4 is 10.9 Å². The second kappa shape index (κ2) is 2.81. The first-order valence-electron chi connectivity index (χ1n) is 4.21. The molecule has 2 N–H and O–H groups in total. The summed E-state index contributed by atoms with van der Waals surface area (Å²) in [7, 11) is 1.91. The summed E-state index contributed by atoms with van der Waals surface area (Å²) in [4.78, 5) is 4.24. The Balaban J connectivity index is 2.66. The summed E-state index contributed by atoms with van der Waals surface area (Å²) in [6.45, 7) is 1.92. The van der Waals surface area contributed by atoms with E-state index < -0.39 is 0 Å². The highest BCUT2D eigenvalue weighted by Gasteiger charge is 2.04. The van der Waals surface area contributed by atoms with E-state index in [1.807, 2.05) is 24.7 Å². The topological polar surface area (TPSA) is 56.7 Å². The highest BCUT2D eigenvalue weighted by molar-refractivity contribution is 5.77. The largest absolute Gasteiger partial charge is 0.323 e. The van der Waals surface area contributed by atoms with E-state index in [2.05, 4.69) is 10.1 Å². The van der Waals surface area contributed by atoms with Crippen LogP contribution in [0.3, 0.4) is 0 Å². The maximum atomic E-state index is 5.73. The first kappa shape index (κ1) is 8.19. The smallest absolute Gasteiger partial charge is 0.0713 e. The molecule has 0 aromatic carbocycles. The Labute approximate surface area is 76.4 Å². The number of rotatable bonds is 1. The molecular weight excluding hydrogens is 164 g/mol. The fourth-order valence-corrected chi connectivity index (χ4v) is 1.31. The first-order chi connectivity index (χ1) is 6.18. The number of aryl methyl sites for hydroxylation is 1. The molecule has 4 nitrogen and oxygen atoms in total. The Morgan fingerprint density at radius 1 is 1.46 bits per heavy atom. The van der Waals surface area contributed by atoms with Crippen LogP contribution in [0.2, 0.25) is 0 Å². The molecule has 1 unspecified atom stereocenters. The number of fused-ring (bicyclic) bond motifs is 1. The molecule has 0 saturated heterocycles. The zero-order valence-electron chi connectivity index (χ0n) is 7.73. The molecule has 0 aliphatic carbocycles. The predicted molar refractivity (Wildman–Crippen MR) is 51.1 cm³/mol. The van der Waals surface area contributed by atoms with Crippen molar-refractivity contribution in [3.63, 3.8) is 0 Å². The maximum absolute atomic E-state index is 5.73. The van der Waals surface area contributed by atoms with Gasteiger partial charge in [0.05, 0.1) is 17.4 Å². The highest BCUT2D eigenvalue weighted by Crippen LogP contribution is 2.15. The average molecular weight is 176 g/mol. The fourth-order valence-electron chi connectivity index (χ4n) is 1.31. The molecule has 0 radical (unpaired) electrons. The monoisotopic (exact) mass is 176 g/mol. The molecule has 2 aromatic rings. The van der Waals surface area contributed by atoms with Crippen LogP contribution in [-0.4, -0.2) is 14.8 Å². The van der Waals surface area contributed by atoms with Gasteiger partial charge in [-0.05, 0) is 13.0 Å². The van der Waals surface area contributed by atoms with Crippen LogP contribution in [0.1, 0.15) is 18.7 Å². The second-order valence-electron chi connectivity index (χ2n) is 3.22. The zero-order chi connectivity index (χ0) is 9.42. The Morgan fingerprint density at radius 3 is 2.92 bits per heavy atom. The molecule has 0 aliphatic heterocycles. The molecule has 4 heteroatoms. The minimum absolute atomic E-state index is 0.0284. The third-order valence-electron chi connectivity index (χ3n) is 2.12. The molecule has 1 atom stereocenters. The predicted octanol–water partition coefficient (Wildman–Crippen LogP) is 0.988. The molecule has 2 heterocycles. The molecule has 0 aliphatic rings. The SMILES string of the molecule is CC(N)c1cc2c(cn1)cnn2C. The van der Waals surface area contributed by atoms with Crippen LogP contribution >= 0.6 is 0 Å². The van der Waals surface area contributed by atoms with E-state index in [9.17, 15) is 0 Å². The van der Waals surface area contributed by atoms with Crippen molar-refractivity contribution in [2.45, 2.75) is 13.0 Å². The zero-order valence-corrected chi connectivity index (χ0v) is 7.73. The molecule has 68 valence electrons. The van der Waals surface area contributed by atoms with E-state index in [0.717, 1.165) is 16.6 Å². The summed E-state index contributed by atoms with van der Waals surface area (Å²) < 4.78 is 1.82.